The molecule has 2 aromatic heterocycles. The molecule has 14 heteroatoms. The van der Waals surface area contributed by atoms with Crippen molar-refractivity contribution in [1.29, 1.82) is 0 Å². The van der Waals surface area contributed by atoms with Gasteiger partial charge in [0.05, 0.1) is 19.0 Å². The number of halogens is 5. The van der Waals surface area contributed by atoms with E-state index in [2.05, 4.69) is 10.1 Å². The van der Waals surface area contributed by atoms with Crippen LogP contribution in [0, 0.1) is 11.6 Å². The van der Waals surface area contributed by atoms with Crippen molar-refractivity contribution in [2.45, 2.75) is 31.5 Å². The van der Waals surface area contributed by atoms with Crippen molar-refractivity contribution in [3.05, 3.63) is 94.8 Å². The van der Waals surface area contributed by atoms with E-state index in [0.717, 1.165) is 0 Å². The van der Waals surface area contributed by atoms with Gasteiger partial charge in [-0.15, -0.1) is 0 Å². The monoisotopic (exact) mass is 616 g/mol. The number of ether oxygens (including phenoxy) is 2. The summed E-state index contributed by atoms with van der Waals surface area (Å²) in [4.78, 5) is 28.8. The Morgan fingerprint density at radius 3 is 2.41 bits per heavy atom. The number of aromatic nitrogens is 3. The zero-order chi connectivity index (χ0) is 31.6. The molecule has 0 bridgehead atoms. The summed E-state index contributed by atoms with van der Waals surface area (Å²) >= 11 is 0. The van der Waals surface area contributed by atoms with Crippen molar-refractivity contribution < 1.29 is 46.1 Å². The lowest BCUT2D eigenvalue weighted by atomic mass is 9.88. The minimum Gasteiger partial charge on any atom is -0.488 e. The molecule has 1 saturated heterocycles. The predicted octanol–water partition coefficient (Wildman–Crippen LogP) is 6.45. The van der Waals surface area contributed by atoms with Gasteiger partial charge in [-0.1, -0.05) is 30.3 Å². The first-order chi connectivity index (χ1) is 21.0. The van der Waals surface area contributed by atoms with Gasteiger partial charge in [0.1, 0.15) is 17.9 Å². The number of amides is 1. The van der Waals surface area contributed by atoms with Gasteiger partial charge in [0, 0.05) is 24.2 Å². The van der Waals surface area contributed by atoms with Gasteiger partial charge in [0.15, 0.2) is 23.1 Å². The van der Waals surface area contributed by atoms with Crippen LogP contribution in [0.2, 0.25) is 0 Å². The number of carbonyl (C=O) groups excluding carboxylic acids is 1. The largest absolute Gasteiger partial charge is 0.488 e. The third-order valence-electron chi connectivity index (χ3n) is 7.33. The van der Waals surface area contributed by atoms with Crippen molar-refractivity contribution >= 4 is 12.1 Å². The fraction of sp³-hybridized carbons (Fsp3) is 0.267. The number of para-hydroxylation sites is 1. The summed E-state index contributed by atoms with van der Waals surface area (Å²) in [5.74, 6) is -4.23. The van der Waals surface area contributed by atoms with Gasteiger partial charge < -0.3 is 19.5 Å². The molecule has 0 spiro atoms. The Labute approximate surface area is 247 Å². The number of carboxylic acid groups (broad SMARTS) is 1. The maximum Gasteiger partial charge on any atom is 0.434 e. The molecule has 1 N–H and O–H groups in total. The van der Waals surface area contributed by atoms with Crippen LogP contribution in [0.1, 0.15) is 45.9 Å². The molecule has 2 aromatic carbocycles. The third-order valence-corrected chi connectivity index (χ3v) is 7.33. The van der Waals surface area contributed by atoms with Gasteiger partial charge in [0.2, 0.25) is 0 Å². The van der Waals surface area contributed by atoms with Gasteiger partial charge in [-0.3, -0.25) is 0 Å². The molecule has 0 radical (unpaired) electrons. The Hall–Kier alpha value is -5.01. The molecule has 44 heavy (non-hydrogen) atoms. The summed E-state index contributed by atoms with van der Waals surface area (Å²) in [6.07, 6.45) is -4.01. The Kier molecular flexibility index (Phi) is 8.52. The number of rotatable bonds is 7. The number of likely N-dealkylation sites (tertiary alicyclic amines) is 1. The van der Waals surface area contributed by atoms with Crippen molar-refractivity contribution in [3.63, 3.8) is 0 Å². The highest BCUT2D eigenvalue weighted by molar-refractivity contribution is 5.89. The van der Waals surface area contributed by atoms with Gasteiger partial charge in [-0.2, -0.15) is 18.3 Å². The van der Waals surface area contributed by atoms with Crippen LogP contribution in [0.25, 0.3) is 17.1 Å². The van der Waals surface area contributed by atoms with E-state index in [1.54, 1.807) is 24.3 Å². The van der Waals surface area contributed by atoms with Crippen molar-refractivity contribution in [2.75, 3.05) is 20.2 Å². The highest BCUT2D eigenvalue weighted by Crippen LogP contribution is 2.36. The van der Waals surface area contributed by atoms with Crippen LogP contribution in [0.4, 0.5) is 26.7 Å². The Bertz CT molecular complexity index is 1700. The van der Waals surface area contributed by atoms with E-state index in [-0.39, 0.29) is 40.9 Å². The summed E-state index contributed by atoms with van der Waals surface area (Å²) in [5, 5.41) is 12.8. The SMILES string of the molecule is COC(=O)N1CCC(c2ccc(COc3ccccc3-c3cccc(-n4ncc(C(=O)O)c4C(F)(F)F)n3)c(F)c2F)CC1. The molecule has 0 unspecified atom stereocenters. The molecule has 3 heterocycles. The minimum absolute atomic E-state index is 0.0534. The Balaban J connectivity index is 1.37. The van der Waals surface area contributed by atoms with E-state index in [1.807, 2.05) is 0 Å². The van der Waals surface area contributed by atoms with Crippen LogP contribution in [0.15, 0.2) is 60.8 Å². The number of pyridine rings is 1. The number of alkyl halides is 3. The zero-order valence-electron chi connectivity index (χ0n) is 23.1. The maximum absolute atomic E-state index is 15.1. The number of methoxy groups -OCH3 is 1. The van der Waals surface area contributed by atoms with E-state index in [4.69, 9.17) is 9.47 Å². The molecule has 9 nitrogen and oxygen atoms in total. The van der Waals surface area contributed by atoms with Gasteiger partial charge >= 0.3 is 18.2 Å². The second-order valence-corrected chi connectivity index (χ2v) is 9.96. The van der Waals surface area contributed by atoms with E-state index in [1.165, 1.54) is 42.3 Å². The zero-order valence-corrected chi connectivity index (χ0v) is 23.1. The van der Waals surface area contributed by atoms with Crippen molar-refractivity contribution in [3.8, 4) is 22.8 Å². The van der Waals surface area contributed by atoms with Crippen LogP contribution >= 0.6 is 0 Å². The fourth-order valence-electron chi connectivity index (χ4n) is 5.14. The first-order valence-electron chi connectivity index (χ1n) is 13.4. The summed E-state index contributed by atoms with van der Waals surface area (Å²) in [6.45, 7) is 0.349. The number of aromatic carboxylic acids is 1. The van der Waals surface area contributed by atoms with Crippen molar-refractivity contribution in [2.24, 2.45) is 0 Å². The van der Waals surface area contributed by atoms with E-state index in [9.17, 15) is 27.9 Å². The molecule has 1 aliphatic heterocycles. The first-order valence-corrected chi connectivity index (χ1v) is 13.4. The average Bonchev–Trinajstić information content (AvgIpc) is 3.49. The summed E-state index contributed by atoms with van der Waals surface area (Å²) in [5.41, 5.74) is -1.86. The molecule has 1 amide bonds. The van der Waals surface area contributed by atoms with Gasteiger partial charge in [0.25, 0.3) is 0 Å². The highest BCUT2D eigenvalue weighted by atomic mass is 19.4. The van der Waals surface area contributed by atoms with Crippen molar-refractivity contribution in [1.82, 2.24) is 19.7 Å². The number of carbonyl (C=O) groups is 2. The Morgan fingerprint density at radius 2 is 1.73 bits per heavy atom. The third kappa shape index (κ3) is 6.05. The molecule has 230 valence electrons. The smallest absolute Gasteiger partial charge is 0.434 e. The molecular formula is C30H25F5N4O5. The summed E-state index contributed by atoms with van der Waals surface area (Å²) in [6, 6.07) is 13.5. The number of hydrogen-bond donors (Lipinski definition) is 1. The van der Waals surface area contributed by atoms with Crippen LogP contribution in [0.3, 0.4) is 0 Å². The van der Waals surface area contributed by atoms with Crippen LogP contribution in [-0.2, 0) is 17.5 Å². The minimum atomic E-state index is -5.03. The lowest BCUT2D eigenvalue weighted by Gasteiger charge is -2.31. The first kappa shape index (κ1) is 30.4. The molecular weight excluding hydrogens is 591 g/mol. The average molecular weight is 617 g/mol. The lowest BCUT2D eigenvalue weighted by molar-refractivity contribution is -0.143. The number of carboxylic acids is 1. The predicted molar refractivity (Wildman–Crippen MR) is 145 cm³/mol. The van der Waals surface area contributed by atoms with Crippen LogP contribution in [0.5, 0.6) is 5.75 Å². The Morgan fingerprint density at radius 1 is 1.00 bits per heavy atom. The van der Waals surface area contributed by atoms with Gasteiger partial charge in [-0.05, 0) is 48.6 Å². The standard InChI is InChI=1S/C30H25F5N4O5/c1-43-29(42)38-13-11-17(12-14-38)19-10-9-18(25(31)26(19)32)16-44-23-7-3-2-5-20(23)22-6-4-8-24(37-22)39-27(30(33,34)35)21(15-36-39)28(40)41/h2-10,15,17H,11-14,16H2,1H3,(H,40,41). The highest BCUT2D eigenvalue weighted by Gasteiger charge is 2.41. The second-order valence-electron chi connectivity index (χ2n) is 9.96. The summed E-state index contributed by atoms with van der Waals surface area (Å²) < 4.78 is 82.4. The topological polar surface area (TPSA) is 107 Å². The number of nitrogens with zero attached hydrogens (tertiary/aromatic N) is 4. The lowest BCUT2D eigenvalue weighted by Crippen LogP contribution is -2.38. The molecule has 0 atom stereocenters. The maximum atomic E-state index is 15.1. The van der Waals surface area contributed by atoms with E-state index in [0.29, 0.717) is 42.4 Å². The second kappa shape index (κ2) is 12.3. The number of piperidine rings is 1. The molecule has 0 saturated carbocycles. The normalized spacial score (nSPS) is 14.0. The number of benzene rings is 2. The van der Waals surface area contributed by atoms with Crippen LogP contribution in [-0.4, -0.2) is 57.0 Å². The van der Waals surface area contributed by atoms with E-state index >= 15 is 8.78 Å². The van der Waals surface area contributed by atoms with Crippen LogP contribution < -0.4 is 4.74 Å². The number of hydrogen-bond acceptors (Lipinski definition) is 6. The van der Waals surface area contributed by atoms with E-state index < -0.39 is 41.1 Å². The molecule has 1 aliphatic rings. The molecule has 1 fully saturated rings. The molecule has 5 rings (SSSR count). The fourth-order valence-corrected chi connectivity index (χ4v) is 5.14. The molecule has 0 aliphatic carbocycles. The molecule has 4 aromatic rings. The van der Waals surface area contributed by atoms with Gasteiger partial charge in [-0.25, -0.2) is 28.0 Å². The summed E-state index contributed by atoms with van der Waals surface area (Å²) in [7, 11) is 1.28. The quantitative estimate of drug-likeness (QED) is 0.238.